The van der Waals surface area contributed by atoms with Gasteiger partial charge in [0.25, 0.3) is 0 Å². The number of amides is 1. The van der Waals surface area contributed by atoms with E-state index in [4.69, 9.17) is 16.9 Å². The smallest absolute Gasteiger partial charge is 0.228 e. The van der Waals surface area contributed by atoms with Gasteiger partial charge < -0.3 is 4.90 Å². The molecular formula is C14H15ClN2O. The van der Waals surface area contributed by atoms with Gasteiger partial charge in [-0.2, -0.15) is 5.26 Å². The number of halogens is 1. The summed E-state index contributed by atoms with van der Waals surface area (Å²) in [4.78, 5) is 13.9. The van der Waals surface area contributed by atoms with Crippen molar-refractivity contribution in [1.82, 2.24) is 4.90 Å². The molecule has 0 bridgehead atoms. The van der Waals surface area contributed by atoms with Crippen molar-refractivity contribution in [3.63, 3.8) is 0 Å². The van der Waals surface area contributed by atoms with Crippen molar-refractivity contribution in [1.29, 1.82) is 5.26 Å². The molecule has 1 atom stereocenters. The number of rotatable bonds is 2. The van der Waals surface area contributed by atoms with Crippen LogP contribution in [-0.4, -0.2) is 23.4 Å². The van der Waals surface area contributed by atoms with Crippen LogP contribution in [0.1, 0.15) is 24.8 Å². The molecule has 2 rings (SSSR count). The van der Waals surface area contributed by atoms with Crippen molar-refractivity contribution >= 4 is 17.5 Å². The van der Waals surface area contributed by atoms with Gasteiger partial charge in [-0.15, -0.1) is 0 Å². The van der Waals surface area contributed by atoms with Gasteiger partial charge in [-0.3, -0.25) is 4.79 Å². The van der Waals surface area contributed by atoms with Gasteiger partial charge in [0, 0.05) is 11.6 Å². The summed E-state index contributed by atoms with van der Waals surface area (Å²) < 4.78 is 0. The Morgan fingerprint density at radius 1 is 1.50 bits per heavy atom. The zero-order chi connectivity index (χ0) is 13.0. The zero-order valence-corrected chi connectivity index (χ0v) is 10.9. The van der Waals surface area contributed by atoms with Gasteiger partial charge in [0.1, 0.15) is 6.04 Å². The highest BCUT2D eigenvalue weighted by molar-refractivity contribution is 6.30. The first-order valence-corrected chi connectivity index (χ1v) is 6.52. The standard InChI is InChI=1S/C14H15ClN2O/c15-12-5-3-4-11(8-12)9-14(18)17-7-2-1-6-13(17)10-16/h3-5,8,13H,1-2,6-7,9H2. The van der Waals surface area contributed by atoms with Crippen molar-refractivity contribution in [2.75, 3.05) is 6.54 Å². The molecule has 94 valence electrons. The van der Waals surface area contributed by atoms with Gasteiger partial charge in [0.05, 0.1) is 12.5 Å². The molecule has 1 heterocycles. The number of piperidine rings is 1. The van der Waals surface area contributed by atoms with E-state index in [0.717, 1.165) is 24.8 Å². The lowest BCUT2D eigenvalue weighted by molar-refractivity contribution is -0.132. The normalized spacial score (nSPS) is 19.3. The summed E-state index contributed by atoms with van der Waals surface area (Å²) in [7, 11) is 0. The summed E-state index contributed by atoms with van der Waals surface area (Å²) in [6.45, 7) is 0.692. The molecule has 1 amide bonds. The van der Waals surface area contributed by atoms with Crippen LogP contribution in [-0.2, 0) is 11.2 Å². The van der Waals surface area contributed by atoms with Gasteiger partial charge in [-0.05, 0) is 37.0 Å². The van der Waals surface area contributed by atoms with Crippen LogP contribution in [0.5, 0.6) is 0 Å². The molecule has 0 radical (unpaired) electrons. The van der Waals surface area contributed by atoms with Crippen LogP contribution >= 0.6 is 11.6 Å². The molecule has 1 aromatic carbocycles. The molecule has 1 aliphatic rings. The van der Waals surface area contributed by atoms with Gasteiger partial charge in [0.15, 0.2) is 0 Å². The summed E-state index contributed by atoms with van der Waals surface area (Å²) in [5.41, 5.74) is 0.898. The van der Waals surface area contributed by atoms with E-state index < -0.39 is 0 Å². The van der Waals surface area contributed by atoms with Gasteiger partial charge in [-0.1, -0.05) is 23.7 Å². The Bertz CT molecular complexity index is 481. The lowest BCUT2D eigenvalue weighted by atomic mass is 10.0. The van der Waals surface area contributed by atoms with Gasteiger partial charge >= 0.3 is 0 Å². The maximum absolute atomic E-state index is 12.2. The Morgan fingerprint density at radius 3 is 3.06 bits per heavy atom. The van der Waals surface area contributed by atoms with Crippen LogP contribution in [0.15, 0.2) is 24.3 Å². The number of hydrogen-bond acceptors (Lipinski definition) is 2. The van der Waals surface area contributed by atoms with Gasteiger partial charge in [-0.25, -0.2) is 0 Å². The molecule has 3 nitrogen and oxygen atoms in total. The topological polar surface area (TPSA) is 44.1 Å². The lowest BCUT2D eigenvalue weighted by Gasteiger charge is -2.31. The molecule has 18 heavy (non-hydrogen) atoms. The van der Waals surface area contributed by atoms with Crippen molar-refractivity contribution in [3.05, 3.63) is 34.9 Å². The lowest BCUT2D eigenvalue weighted by Crippen LogP contribution is -2.43. The maximum atomic E-state index is 12.2. The largest absolute Gasteiger partial charge is 0.326 e. The first-order chi connectivity index (χ1) is 8.70. The molecule has 4 heteroatoms. The predicted octanol–water partition coefficient (Wildman–Crippen LogP) is 2.79. The summed E-state index contributed by atoms with van der Waals surface area (Å²) >= 11 is 5.89. The molecule has 1 fully saturated rings. The molecule has 0 aromatic heterocycles. The van der Waals surface area contributed by atoms with Crippen LogP contribution in [0.3, 0.4) is 0 Å². The van der Waals surface area contributed by atoms with E-state index in [1.54, 1.807) is 17.0 Å². The number of nitriles is 1. The van der Waals surface area contributed by atoms with E-state index in [1.165, 1.54) is 0 Å². The number of nitrogens with zero attached hydrogens (tertiary/aromatic N) is 2. The molecule has 1 unspecified atom stereocenters. The average molecular weight is 263 g/mol. The molecule has 0 saturated carbocycles. The third kappa shape index (κ3) is 3.02. The molecule has 1 aliphatic heterocycles. The molecular weight excluding hydrogens is 248 g/mol. The molecule has 0 spiro atoms. The van der Waals surface area contributed by atoms with Crippen LogP contribution < -0.4 is 0 Å². The minimum atomic E-state index is -0.259. The Hall–Kier alpha value is -1.53. The minimum absolute atomic E-state index is 0.0171. The number of carbonyl (C=O) groups excluding carboxylic acids is 1. The van der Waals surface area contributed by atoms with E-state index in [0.29, 0.717) is 18.0 Å². The first-order valence-electron chi connectivity index (χ1n) is 6.14. The fourth-order valence-electron chi connectivity index (χ4n) is 2.29. The summed E-state index contributed by atoms with van der Waals surface area (Å²) in [6.07, 6.45) is 3.12. The van der Waals surface area contributed by atoms with E-state index in [2.05, 4.69) is 6.07 Å². The third-order valence-electron chi connectivity index (χ3n) is 3.22. The summed E-state index contributed by atoms with van der Waals surface area (Å²) in [5, 5.41) is 9.69. The SMILES string of the molecule is N#CC1CCCCN1C(=O)Cc1cccc(Cl)c1. The number of benzene rings is 1. The quantitative estimate of drug-likeness (QED) is 0.823. The second-order valence-electron chi connectivity index (χ2n) is 4.53. The second-order valence-corrected chi connectivity index (χ2v) is 4.97. The average Bonchev–Trinajstić information content (AvgIpc) is 2.38. The van der Waals surface area contributed by atoms with Crippen LogP contribution in [0.2, 0.25) is 5.02 Å². The van der Waals surface area contributed by atoms with E-state index >= 15 is 0 Å². The van der Waals surface area contributed by atoms with E-state index in [1.807, 2.05) is 12.1 Å². The van der Waals surface area contributed by atoms with Crippen molar-refractivity contribution in [2.45, 2.75) is 31.7 Å². The molecule has 0 aliphatic carbocycles. The zero-order valence-electron chi connectivity index (χ0n) is 10.1. The van der Waals surface area contributed by atoms with Crippen molar-refractivity contribution in [3.8, 4) is 6.07 Å². The van der Waals surface area contributed by atoms with E-state index in [9.17, 15) is 4.79 Å². The molecule has 1 saturated heterocycles. The Morgan fingerprint density at radius 2 is 2.33 bits per heavy atom. The Balaban J connectivity index is 2.05. The highest BCUT2D eigenvalue weighted by Crippen LogP contribution is 2.18. The number of likely N-dealkylation sites (tertiary alicyclic amines) is 1. The minimum Gasteiger partial charge on any atom is -0.326 e. The first kappa shape index (κ1) is 12.9. The van der Waals surface area contributed by atoms with Crippen LogP contribution in [0.4, 0.5) is 0 Å². The fraction of sp³-hybridized carbons (Fsp3) is 0.429. The summed E-state index contributed by atoms with van der Waals surface area (Å²) in [5.74, 6) is 0.0171. The third-order valence-corrected chi connectivity index (χ3v) is 3.45. The highest BCUT2D eigenvalue weighted by atomic mass is 35.5. The van der Waals surface area contributed by atoms with Crippen molar-refractivity contribution in [2.24, 2.45) is 0 Å². The monoisotopic (exact) mass is 262 g/mol. The van der Waals surface area contributed by atoms with Crippen molar-refractivity contribution < 1.29 is 4.79 Å². The number of carbonyl (C=O) groups is 1. The van der Waals surface area contributed by atoms with Gasteiger partial charge in [0.2, 0.25) is 5.91 Å². The highest BCUT2D eigenvalue weighted by Gasteiger charge is 2.26. The second kappa shape index (κ2) is 5.88. The Labute approximate surface area is 112 Å². The predicted molar refractivity (Wildman–Crippen MR) is 70.1 cm³/mol. The summed E-state index contributed by atoms with van der Waals surface area (Å²) in [6, 6.07) is 9.26. The van der Waals surface area contributed by atoms with Crippen LogP contribution in [0.25, 0.3) is 0 Å². The molecule has 1 aromatic rings. The Kier molecular flexibility index (Phi) is 4.22. The number of hydrogen-bond donors (Lipinski definition) is 0. The maximum Gasteiger partial charge on any atom is 0.228 e. The van der Waals surface area contributed by atoms with Crippen LogP contribution in [0, 0.1) is 11.3 Å². The van der Waals surface area contributed by atoms with E-state index in [-0.39, 0.29) is 11.9 Å². The molecule has 0 N–H and O–H groups in total. The fourth-order valence-corrected chi connectivity index (χ4v) is 2.50.